The molecule has 0 aromatic rings. The van der Waals surface area contributed by atoms with Gasteiger partial charge in [0.15, 0.2) is 17.2 Å². The number of hydrogen-bond donors (Lipinski definition) is 0. The van der Waals surface area contributed by atoms with Gasteiger partial charge in [0.2, 0.25) is 0 Å². The Morgan fingerprint density at radius 1 is 1.06 bits per heavy atom. The van der Waals surface area contributed by atoms with Crippen LogP contribution in [0, 0.1) is 28.6 Å². The van der Waals surface area contributed by atoms with Gasteiger partial charge in [-0.3, -0.25) is 19.2 Å². The number of ether oxygens (including phenoxy) is 2. The van der Waals surface area contributed by atoms with E-state index in [0.29, 0.717) is 37.0 Å². The summed E-state index contributed by atoms with van der Waals surface area (Å²) in [4.78, 5) is 49.2. The highest BCUT2D eigenvalue weighted by atomic mass is 16.6. The van der Waals surface area contributed by atoms with Crippen LogP contribution in [-0.4, -0.2) is 29.1 Å². The molecule has 0 radical (unpaired) electrons. The first-order valence-corrected chi connectivity index (χ1v) is 11.4. The monoisotopic (exact) mass is 440 g/mol. The molecule has 0 saturated heterocycles. The average molecular weight is 441 g/mol. The number of ketones is 2. The Morgan fingerprint density at radius 3 is 2.34 bits per heavy atom. The summed E-state index contributed by atoms with van der Waals surface area (Å²) in [6.07, 6.45) is 6.87. The lowest BCUT2D eigenvalue weighted by Gasteiger charge is -2.57. The Hall–Kier alpha value is -2.50. The molecule has 0 heterocycles. The summed E-state index contributed by atoms with van der Waals surface area (Å²) in [6.45, 7) is 12.6. The van der Waals surface area contributed by atoms with E-state index in [1.54, 1.807) is 6.08 Å². The summed E-state index contributed by atoms with van der Waals surface area (Å²) in [5.41, 5.74) is -0.806. The minimum absolute atomic E-state index is 0.00133. The zero-order valence-electron chi connectivity index (χ0n) is 19.6. The Labute approximate surface area is 189 Å². The van der Waals surface area contributed by atoms with E-state index < -0.39 is 23.0 Å². The third-order valence-corrected chi connectivity index (χ3v) is 8.78. The molecule has 4 rings (SSSR count). The van der Waals surface area contributed by atoms with Crippen LogP contribution < -0.4 is 0 Å². The van der Waals surface area contributed by atoms with Crippen LogP contribution in [0.5, 0.6) is 0 Å². The van der Waals surface area contributed by atoms with E-state index in [0.717, 1.165) is 12.0 Å². The molecule has 2 saturated carbocycles. The number of fused-ring (bicyclic) bond motifs is 5. The van der Waals surface area contributed by atoms with E-state index in [2.05, 4.69) is 13.5 Å². The SMILES string of the molecule is C=C1C[C@H]2[C@@H]3C=C(OC(C)=O)C4=CC(=O)CC[C@]4(C)[C@H]3CC[C@]2(C)[C@@]1(OC(C)=O)C(C)=O. The maximum Gasteiger partial charge on any atom is 0.308 e. The lowest BCUT2D eigenvalue weighted by atomic mass is 9.47. The van der Waals surface area contributed by atoms with Gasteiger partial charge < -0.3 is 9.47 Å². The van der Waals surface area contributed by atoms with Gasteiger partial charge in [0.1, 0.15) is 5.76 Å². The molecule has 0 aromatic carbocycles. The Balaban J connectivity index is 1.87. The number of Topliss-reactive ketones (excluding diaryl/α,β-unsaturated/α-hetero) is 1. The van der Waals surface area contributed by atoms with E-state index in [1.807, 2.05) is 13.0 Å². The second-order valence-electron chi connectivity index (χ2n) is 10.5. The lowest BCUT2D eigenvalue weighted by Crippen LogP contribution is -2.58. The predicted octanol–water partition coefficient (Wildman–Crippen LogP) is 4.24. The summed E-state index contributed by atoms with van der Waals surface area (Å²) < 4.78 is 11.4. The van der Waals surface area contributed by atoms with Gasteiger partial charge in [-0.2, -0.15) is 0 Å². The number of carbonyl (C=O) groups excluding carboxylic acids is 4. The van der Waals surface area contributed by atoms with Crippen molar-refractivity contribution in [3.63, 3.8) is 0 Å². The van der Waals surface area contributed by atoms with Crippen LogP contribution in [-0.2, 0) is 28.7 Å². The van der Waals surface area contributed by atoms with Crippen LogP contribution in [0.4, 0.5) is 0 Å². The van der Waals surface area contributed by atoms with Crippen molar-refractivity contribution in [2.24, 2.45) is 28.6 Å². The summed E-state index contributed by atoms with van der Waals surface area (Å²) in [5, 5.41) is 0. The topological polar surface area (TPSA) is 86.7 Å². The zero-order chi connectivity index (χ0) is 23.6. The Kier molecular flexibility index (Phi) is 5.14. The first-order valence-electron chi connectivity index (χ1n) is 11.4. The molecule has 0 amide bonds. The van der Waals surface area contributed by atoms with Crippen molar-refractivity contribution in [3.8, 4) is 0 Å². The van der Waals surface area contributed by atoms with Crippen molar-refractivity contribution in [2.45, 2.75) is 72.3 Å². The minimum atomic E-state index is -1.34. The largest absolute Gasteiger partial charge is 0.446 e. The summed E-state index contributed by atoms with van der Waals surface area (Å²) in [5.74, 6) is -0.378. The molecule has 32 heavy (non-hydrogen) atoms. The van der Waals surface area contributed by atoms with Crippen molar-refractivity contribution < 1.29 is 28.7 Å². The number of rotatable bonds is 3. The van der Waals surface area contributed by atoms with Crippen LogP contribution in [0.15, 0.2) is 35.6 Å². The minimum Gasteiger partial charge on any atom is -0.446 e. The number of allylic oxidation sites excluding steroid dienone is 3. The number of carbonyl (C=O) groups is 4. The fourth-order valence-corrected chi connectivity index (χ4v) is 7.41. The molecule has 172 valence electrons. The van der Waals surface area contributed by atoms with Crippen LogP contribution in [0.1, 0.15) is 66.7 Å². The van der Waals surface area contributed by atoms with Crippen LogP contribution >= 0.6 is 0 Å². The van der Waals surface area contributed by atoms with Gasteiger partial charge in [-0.25, -0.2) is 0 Å². The molecule has 0 aliphatic heterocycles. The first-order chi connectivity index (χ1) is 14.9. The molecule has 4 aliphatic rings. The third-order valence-electron chi connectivity index (χ3n) is 8.78. The molecule has 0 spiro atoms. The molecule has 0 N–H and O–H groups in total. The van der Waals surface area contributed by atoms with E-state index in [4.69, 9.17) is 9.47 Å². The third kappa shape index (κ3) is 2.91. The summed E-state index contributed by atoms with van der Waals surface area (Å²) in [6, 6.07) is 0. The highest BCUT2D eigenvalue weighted by Gasteiger charge is 2.69. The highest BCUT2D eigenvalue weighted by molar-refractivity contribution is 5.93. The van der Waals surface area contributed by atoms with Crippen LogP contribution in [0.2, 0.25) is 0 Å². The fourth-order valence-electron chi connectivity index (χ4n) is 7.41. The molecule has 4 aliphatic carbocycles. The fraction of sp³-hybridized carbons (Fsp3) is 0.615. The quantitative estimate of drug-likeness (QED) is 0.482. The standard InChI is InChI=1S/C26H32O6/c1-14-11-21-19-13-23(31-16(3)28)22-12-18(30)7-9-24(22,5)20(19)8-10-25(21,6)26(14,15(2)27)32-17(4)29/h12-13,19-21H,1,7-11H2,2-6H3/t19-,20+,21+,24-,25+,26+/m1/s1. The molecule has 6 atom stereocenters. The second kappa shape index (κ2) is 7.26. The second-order valence-corrected chi connectivity index (χ2v) is 10.5. The van der Waals surface area contributed by atoms with E-state index in [-0.39, 0.29) is 34.7 Å². The van der Waals surface area contributed by atoms with E-state index in [9.17, 15) is 19.2 Å². The van der Waals surface area contributed by atoms with Crippen molar-refractivity contribution >= 4 is 23.5 Å². The van der Waals surface area contributed by atoms with Crippen molar-refractivity contribution in [2.75, 3.05) is 0 Å². The number of esters is 2. The maximum absolute atomic E-state index is 13.0. The van der Waals surface area contributed by atoms with Crippen molar-refractivity contribution in [1.82, 2.24) is 0 Å². The highest BCUT2D eigenvalue weighted by Crippen LogP contribution is 2.69. The molecular formula is C26H32O6. The summed E-state index contributed by atoms with van der Waals surface area (Å²) in [7, 11) is 0. The van der Waals surface area contributed by atoms with E-state index in [1.165, 1.54) is 20.8 Å². The molecule has 6 nitrogen and oxygen atoms in total. The normalized spacial score (nSPS) is 40.3. The molecule has 0 unspecified atom stereocenters. The van der Waals surface area contributed by atoms with Crippen LogP contribution in [0.3, 0.4) is 0 Å². The molecular weight excluding hydrogens is 408 g/mol. The van der Waals surface area contributed by atoms with Crippen molar-refractivity contribution in [3.05, 3.63) is 35.6 Å². The molecule has 6 heteroatoms. The molecule has 0 aromatic heterocycles. The zero-order valence-corrected chi connectivity index (χ0v) is 19.6. The van der Waals surface area contributed by atoms with Gasteiger partial charge in [0.05, 0.1) is 0 Å². The van der Waals surface area contributed by atoms with Crippen LogP contribution in [0.25, 0.3) is 0 Å². The average Bonchev–Trinajstić information content (AvgIpc) is 2.90. The smallest absolute Gasteiger partial charge is 0.308 e. The predicted molar refractivity (Wildman–Crippen MR) is 117 cm³/mol. The Bertz CT molecular complexity index is 1000. The Morgan fingerprint density at radius 2 is 1.75 bits per heavy atom. The van der Waals surface area contributed by atoms with Gasteiger partial charge >= 0.3 is 11.9 Å². The van der Waals surface area contributed by atoms with Gasteiger partial charge in [-0.1, -0.05) is 20.4 Å². The molecule has 2 fully saturated rings. The maximum atomic E-state index is 13.0. The van der Waals surface area contributed by atoms with Gasteiger partial charge in [-0.15, -0.1) is 0 Å². The van der Waals surface area contributed by atoms with Gasteiger partial charge in [0.25, 0.3) is 0 Å². The first kappa shape index (κ1) is 22.7. The van der Waals surface area contributed by atoms with E-state index >= 15 is 0 Å². The summed E-state index contributed by atoms with van der Waals surface area (Å²) >= 11 is 0. The number of hydrogen-bond acceptors (Lipinski definition) is 6. The van der Waals surface area contributed by atoms with Crippen molar-refractivity contribution in [1.29, 1.82) is 0 Å². The van der Waals surface area contributed by atoms with Gasteiger partial charge in [-0.05, 0) is 68.1 Å². The lowest BCUT2D eigenvalue weighted by molar-refractivity contribution is -0.179. The molecule has 0 bridgehead atoms. The van der Waals surface area contributed by atoms with Gasteiger partial charge in [0, 0.05) is 36.7 Å².